The molecular weight excluding hydrogens is 312 g/mol. The first-order valence-corrected chi connectivity index (χ1v) is 6.97. The Kier molecular flexibility index (Phi) is 4.86. The summed E-state index contributed by atoms with van der Waals surface area (Å²) in [6, 6.07) is 4.63. The van der Waals surface area contributed by atoms with Crippen LogP contribution < -0.4 is 0 Å². The molecular formula is C13H14N2O6S. The zero-order chi connectivity index (χ0) is 16.3. The van der Waals surface area contributed by atoms with Gasteiger partial charge >= 0.3 is 12.1 Å². The van der Waals surface area contributed by atoms with E-state index >= 15 is 0 Å². The van der Waals surface area contributed by atoms with Crippen LogP contribution >= 0.6 is 12.6 Å². The second-order valence-corrected chi connectivity index (χ2v) is 5.60. The number of rotatable bonds is 4. The number of nitro benzene ring substituents is 1. The number of benzene rings is 1. The van der Waals surface area contributed by atoms with Gasteiger partial charge in [0.2, 0.25) is 0 Å². The van der Waals surface area contributed by atoms with Crippen molar-refractivity contribution >= 4 is 30.4 Å². The lowest BCUT2D eigenvalue weighted by molar-refractivity contribution is -0.384. The maximum atomic E-state index is 12.0. The Bertz CT molecular complexity index is 591. The minimum Gasteiger partial charge on any atom is -0.480 e. The molecule has 0 radical (unpaired) electrons. The molecule has 1 saturated heterocycles. The number of hydrogen-bond acceptors (Lipinski definition) is 6. The van der Waals surface area contributed by atoms with Crippen molar-refractivity contribution < 1.29 is 24.4 Å². The second-order valence-electron chi connectivity index (χ2n) is 4.87. The fourth-order valence-corrected chi connectivity index (χ4v) is 2.57. The first-order valence-electron chi connectivity index (χ1n) is 6.46. The molecule has 0 aromatic heterocycles. The molecule has 1 amide bonds. The Morgan fingerprint density at radius 3 is 2.59 bits per heavy atom. The smallest absolute Gasteiger partial charge is 0.410 e. The Balaban J connectivity index is 1.94. The number of ether oxygens (including phenoxy) is 1. The molecule has 118 valence electrons. The summed E-state index contributed by atoms with van der Waals surface area (Å²) in [5.41, 5.74) is 0.519. The molecule has 1 heterocycles. The topological polar surface area (TPSA) is 110 Å². The summed E-state index contributed by atoms with van der Waals surface area (Å²) in [6.07, 6.45) is -0.465. The predicted molar refractivity (Wildman–Crippen MR) is 78.8 cm³/mol. The van der Waals surface area contributed by atoms with Crippen molar-refractivity contribution in [1.29, 1.82) is 0 Å². The van der Waals surface area contributed by atoms with Gasteiger partial charge in [0.05, 0.1) is 4.92 Å². The van der Waals surface area contributed by atoms with Crippen LogP contribution in [0.2, 0.25) is 0 Å². The van der Waals surface area contributed by atoms with Crippen LogP contribution in [0.5, 0.6) is 0 Å². The van der Waals surface area contributed by atoms with E-state index in [2.05, 4.69) is 12.6 Å². The van der Waals surface area contributed by atoms with Crippen LogP contribution in [0.3, 0.4) is 0 Å². The standard InChI is InChI=1S/C13H14N2O6S/c16-12(17)11-5-10(22)6-14(11)13(18)21-7-8-1-3-9(4-2-8)15(19)20/h1-4,10-11,22H,5-7H2,(H,16,17)/t10?,11-/m0/s1. The fraction of sp³-hybridized carbons (Fsp3) is 0.385. The molecule has 1 unspecified atom stereocenters. The van der Waals surface area contributed by atoms with Crippen molar-refractivity contribution in [3.8, 4) is 0 Å². The third kappa shape index (κ3) is 3.67. The molecule has 22 heavy (non-hydrogen) atoms. The summed E-state index contributed by atoms with van der Waals surface area (Å²) in [5, 5.41) is 19.4. The molecule has 2 atom stereocenters. The average Bonchev–Trinajstić information content (AvgIpc) is 2.87. The summed E-state index contributed by atoms with van der Waals surface area (Å²) >= 11 is 4.19. The fourth-order valence-electron chi connectivity index (χ4n) is 2.19. The van der Waals surface area contributed by atoms with E-state index in [1.54, 1.807) is 0 Å². The molecule has 1 fully saturated rings. The van der Waals surface area contributed by atoms with E-state index in [1.807, 2.05) is 0 Å². The van der Waals surface area contributed by atoms with Gasteiger partial charge in [-0.05, 0) is 24.1 Å². The molecule has 9 heteroatoms. The van der Waals surface area contributed by atoms with Crippen LogP contribution in [-0.4, -0.2) is 44.8 Å². The third-order valence-corrected chi connectivity index (χ3v) is 3.68. The molecule has 1 aromatic rings. The SMILES string of the molecule is O=C(O)[C@@H]1CC(S)CN1C(=O)OCc1ccc([N+](=O)[O-])cc1. The van der Waals surface area contributed by atoms with Gasteiger partial charge in [0.15, 0.2) is 0 Å². The molecule has 0 saturated carbocycles. The van der Waals surface area contributed by atoms with Gasteiger partial charge in [-0.15, -0.1) is 0 Å². The number of carbonyl (C=O) groups is 2. The number of likely N-dealkylation sites (tertiary alicyclic amines) is 1. The summed E-state index contributed by atoms with van der Waals surface area (Å²) in [5.74, 6) is -1.09. The number of carboxylic acid groups (broad SMARTS) is 1. The average molecular weight is 326 g/mol. The molecule has 1 aromatic carbocycles. The van der Waals surface area contributed by atoms with Gasteiger partial charge < -0.3 is 9.84 Å². The molecule has 1 aliphatic heterocycles. The molecule has 0 aliphatic carbocycles. The lowest BCUT2D eigenvalue weighted by Gasteiger charge is -2.20. The molecule has 1 aliphatic rings. The number of nitrogens with zero attached hydrogens (tertiary/aromatic N) is 2. The van der Waals surface area contributed by atoms with E-state index in [-0.39, 0.29) is 30.5 Å². The highest BCUT2D eigenvalue weighted by Gasteiger charge is 2.39. The number of amides is 1. The van der Waals surface area contributed by atoms with Crippen LogP contribution in [0.4, 0.5) is 10.5 Å². The number of nitro groups is 1. The van der Waals surface area contributed by atoms with Crippen LogP contribution in [0.1, 0.15) is 12.0 Å². The van der Waals surface area contributed by atoms with Crippen LogP contribution in [0, 0.1) is 10.1 Å². The van der Waals surface area contributed by atoms with E-state index < -0.39 is 23.0 Å². The monoisotopic (exact) mass is 326 g/mol. The lowest BCUT2D eigenvalue weighted by Crippen LogP contribution is -2.40. The Hall–Kier alpha value is -2.29. The largest absolute Gasteiger partial charge is 0.480 e. The number of aliphatic carboxylic acids is 1. The van der Waals surface area contributed by atoms with Crippen LogP contribution in [-0.2, 0) is 16.1 Å². The van der Waals surface area contributed by atoms with Gasteiger partial charge in [0.25, 0.3) is 5.69 Å². The van der Waals surface area contributed by atoms with Crippen molar-refractivity contribution in [3.63, 3.8) is 0 Å². The van der Waals surface area contributed by atoms with Crippen molar-refractivity contribution in [2.45, 2.75) is 24.3 Å². The van der Waals surface area contributed by atoms with Crippen LogP contribution in [0.25, 0.3) is 0 Å². The highest BCUT2D eigenvalue weighted by atomic mass is 32.1. The summed E-state index contributed by atoms with van der Waals surface area (Å²) in [4.78, 5) is 34.2. The van der Waals surface area contributed by atoms with E-state index in [4.69, 9.17) is 9.84 Å². The number of hydrogen-bond donors (Lipinski definition) is 2. The molecule has 0 bridgehead atoms. The summed E-state index contributed by atoms with van der Waals surface area (Å²) in [6.45, 7) is 0.121. The molecule has 2 rings (SSSR count). The highest BCUT2D eigenvalue weighted by molar-refractivity contribution is 7.81. The van der Waals surface area contributed by atoms with Gasteiger partial charge in [-0.2, -0.15) is 12.6 Å². The maximum absolute atomic E-state index is 12.0. The van der Waals surface area contributed by atoms with Gasteiger partial charge in [0.1, 0.15) is 12.6 Å². The van der Waals surface area contributed by atoms with Gasteiger partial charge in [0, 0.05) is 23.9 Å². The zero-order valence-electron chi connectivity index (χ0n) is 11.4. The molecule has 8 nitrogen and oxygen atoms in total. The van der Waals surface area contributed by atoms with Crippen LogP contribution in [0.15, 0.2) is 24.3 Å². The quantitative estimate of drug-likeness (QED) is 0.495. The minimum absolute atomic E-state index is 0.0570. The molecule has 0 spiro atoms. The van der Waals surface area contributed by atoms with Crippen molar-refractivity contribution in [3.05, 3.63) is 39.9 Å². The first-order chi connectivity index (χ1) is 10.4. The van der Waals surface area contributed by atoms with E-state index in [9.17, 15) is 19.7 Å². The Labute approximate surface area is 131 Å². The van der Waals surface area contributed by atoms with E-state index in [0.717, 1.165) is 4.90 Å². The minimum atomic E-state index is -1.09. The van der Waals surface area contributed by atoms with Crippen molar-refractivity contribution in [2.24, 2.45) is 0 Å². The van der Waals surface area contributed by atoms with Gasteiger partial charge in [-0.25, -0.2) is 9.59 Å². The highest BCUT2D eigenvalue weighted by Crippen LogP contribution is 2.23. The molecule has 1 N–H and O–H groups in total. The maximum Gasteiger partial charge on any atom is 0.410 e. The van der Waals surface area contributed by atoms with E-state index in [1.165, 1.54) is 24.3 Å². The van der Waals surface area contributed by atoms with E-state index in [0.29, 0.717) is 5.56 Å². The number of non-ortho nitro benzene ring substituents is 1. The number of carboxylic acids is 1. The van der Waals surface area contributed by atoms with Crippen molar-refractivity contribution in [2.75, 3.05) is 6.54 Å². The lowest BCUT2D eigenvalue weighted by atomic mass is 10.2. The number of carbonyl (C=O) groups excluding carboxylic acids is 1. The summed E-state index contributed by atoms with van der Waals surface area (Å²) < 4.78 is 5.06. The predicted octanol–water partition coefficient (Wildman–Crippen LogP) is 1.69. The zero-order valence-corrected chi connectivity index (χ0v) is 12.3. The van der Waals surface area contributed by atoms with Gasteiger partial charge in [-0.1, -0.05) is 0 Å². The van der Waals surface area contributed by atoms with Gasteiger partial charge in [-0.3, -0.25) is 15.0 Å². The second kappa shape index (κ2) is 6.65. The Morgan fingerprint density at radius 2 is 2.05 bits per heavy atom. The Morgan fingerprint density at radius 1 is 1.41 bits per heavy atom. The first kappa shape index (κ1) is 16.1. The third-order valence-electron chi connectivity index (χ3n) is 3.31. The van der Waals surface area contributed by atoms with Crippen molar-refractivity contribution in [1.82, 2.24) is 4.90 Å². The summed E-state index contributed by atoms with van der Waals surface area (Å²) in [7, 11) is 0. The normalized spacial score (nSPS) is 20.7. The number of thiol groups is 1.